The summed E-state index contributed by atoms with van der Waals surface area (Å²) in [6, 6.07) is 18.9. The number of rotatable bonds is 8. The van der Waals surface area contributed by atoms with Crippen molar-refractivity contribution in [3.8, 4) is 11.5 Å². The van der Waals surface area contributed by atoms with Gasteiger partial charge in [-0.2, -0.15) is 0 Å². The second-order valence-electron chi connectivity index (χ2n) is 6.66. The highest BCUT2D eigenvalue weighted by atomic mass is 16.5. The summed E-state index contributed by atoms with van der Waals surface area (Å²) in [6.45, 7) is 2.05. The molecule has 0 aromatic heterocycles. The van der Waals surface area contributed by atoms with Crippen LogP contribution >= 0.6 is 0 Å². The van der Waals surface area contributed by atoms with Crippen molar-refractivity contribution in [2.75, 3.05) is 32.3 Å². The molecule has 156 valence electrons. The number of ether oxygens (including phenoxy) is 3. The molecule has 30 heavy (non-hydrogen) atoms. The van der Waals surface area contributed by atoms with Crippen molar-refractivity contribution in [3.05, 3.63) is 66.2 Å². The van der Waals surface area contributed by atoms with Gasteiger partial charge in [0.05, 0.1) is 26.3 Å². The zero-order chi connectivity index (χ0) is 21.5. The van der Waals surface area contributed by atoms with E-state index in [0.29, 0.717) is 23.6 Å². The van der Waals surface area contributed by atoms with E-state index in [4.69, 9.17) is 14.2 Å². The number of anilines is 1. The fourth-order valence-corrected chi connectivity index (χ4v) is 3.35. The highest BCUT2D eigenvalue weighted by molar-refractivity contribution is 6.04. The third-order valence-electron chi connectivity index (χ3n) is 4.83. The highest BCUT2D eigenvalue weighted by Crippen LogP contribution is 2.28. The third kappa shape index (κ3) is 4.71. The van der Waals surface area contributed by atoms with Gasteiger partial charge in [-0.1, -0.05) is 42.5 Å². The van der Waals surface area contributed by atoms with Gasteiger partial charge in [-0.3, -0.25) is 9.59 Å². The molecule has 0 unspecified atom stereocenters. The van der Waals surface area contributed by atoms with Crippen LogP contribution in [-0.4, -0.2) is 39.2 Å². The van der Waals surface area contributed by atoms with Crippen LogP contribution in [0, 0.1) is 0 Å². The normalized spacial score (nSPS) is 10.5. The first kappa shape index (κ1) is 21.2. The Labute approximate surface area is 176 Å². The number of hydrogen-bond donors (Lipinski definition) is 0. The zero-order valence-corrected chi connectivity index (χ0v) is 17.4. The average molecular weight is 407 g/mol. The van der Waals surface area contributed by atoms with Crippen molar-refractivity contribution >= 4 is 28.3 Å². The van der Waals surface area contributed by atoms with Crippen LogP contribution in [0.5, 0.6) is 11.5 Å². The lowest BCUT2D eigenvalue weighted by Gasteiger charge is -2.22. The maximum Gasteiger partial charge on any atom is 0.310 e. The molecule has 0 saturated heterocycles. The minimum absolute atomic E-state index is 0.0357. The molecule has 6 heteroatoms. The van der Waals surface area contributed by atoms with Crippen LogP contribution < -0.4 is 14.4 Å². The first-order valence-corrected chi connectivity index (χ1v) is 9.72. The predicted molar refractivity (Wildman–Crippen MR) is 116 cm³/mol. The molecule has 3 aromatic rings. The molecule has 3 rings (SSSR count). The highest BCUT2D eigenvalue weighted by Gasteiger charge is 2.18. The van der Waals surface area contributed by atoms with Gasteiger partial charge in [0.25, 0.3) is 5.91 Å². The first-order chi connectivity index (χ1) is 14.6. The Morgan fingerprint density at radius 1 is 0.900 bits per heavy atom. The number of methoxy groups -OCH3 is 2. The number of fused-ring (bicyclic) bond motifs is 1. The van der Waals surface area contributed by atoms with E-state index >= 15 is 0 Å². The molecule has 0 bridgehead atoms. The quantitative estimate of drug-likeness (QED) is 0.528. The zero-order valence-electron chi connectivity index (χ0n) is 17.4. The summed E-state index contributed by atoms with van der Waals surface area (Å²) in [5.74, 6) is 0.365. The Morgan fingerprint density at radius 3 is 2.37 bits per heavy atom. The van der Waals surface area contributed by atoms with Crippen LogP contribution in [0.25, 0.3) is 10.8 Å². The topological polar surface area (TPSA) is 65.1 Å². The molecule has 3 aromatic carbocycles. The van der Waals surface area contributed by atoms with Gasteiger partial charge in [0.2, 0.25) is 0 Å². The first-order valence-electron chi connectivity index (χ1n) is 9.72. The Bertz CT molecular complexity index is 1040. The monoisotopic (exact) mass is 407 g/mol. The van der Waals surface area contributed by atoms with Crippen LogP contribution in [0.3, 0.4) is 0 Å². The Hall–Kier alpha value is -3.54. The van der Waals surface area contributed by atoms with E-state index in [1.165, 1.54) is 7.11 Å². The summed E-state index contributed by atoms with van der Waals surface area (Å²) in [7, 11) is 3.08. The van der Waals surface area contributed by atoms with E-state index in [1.54, 1.807) is 30.2 Å². The smallest absolute Gasteiger partial charge is 0.310 e. The average Bonchev–Trinajstić information content (AvgIpc) is 2.78. The Balaban J connectivity index is 1.66. The summed E-state index contributed by atoms with van der Waals surface area (Å²) in [6.07, 6.45) is 0.0357. The molecule has 0 fully saturated rings. The van der Waals surface area contributed by atoms with Crippen LogP contribution in [0.2, 0.25) is 0 Å². The summed E-state index contributed by atoms with van der Waals surface area (Å²) in [4.78, 5) is 26.7. The number of likely N-dealkylation sites (N-methyl/N-ethyl adjacent to an activating group) is 1. The van der Waals surface area contributed by atoms with E-state index in [2.05, 4.69) is 0 Å². The molecule has 0 saturated carbocycles. The summed E-state index contributed by atoms with van der Waals surface area (Å²) in [5.41, 5.74) is 1.52. The number of esters is 1. The van der Waals surface area contributed by atoms with Gasteiger partial charge in [0.15, 0.2) is 18.1 Å². The largest absolute Gasteiger partial charge is 0.493 e. The van der Waals surface area contributed by atoms with Crippen molar-refractivity contribution in [1.29, 1.82) is 0 Å². The molecule has 6 nitrogen and oxygen atoms in total. The van der Waals surface area contributed by atoms with Gasteiger partial charge < -0.3 is 19.1 Å². The van der Waals surface area contributed by atoms with Crippen molar-refractivity contribution in [2.45, 2.75) is 13.3 Å². The molecule has 0 heterocycles. The summed E-state index contributed by atoms with van der Waals surface area (Å²) < 4.78 is 15.7. The standard InChI is InChI=1S/C24H25NO5/c1-4-25(20-11-7-9-18-8-5-6-10-19(18)20)23(26)16-30-24(27)15-17-12-13-21(28-2)22(14-17)29-3/h5-14H,4,15-16H2,1-3H3. The lowest BCUT2D eigenvalue weighted by atomic mass is 10.1. The third-order valence-corrected chi connectivity index (χ3v) is 4.83. The molecular formula is C24H25NO5. The molecule has 0 radical (unpaired) electrons. The van der Waals surface area contributed by atoms with Gasteiger partial charge in [0.1, 0.15) is 0 Å². The maximum absolute atomic E-state index is 12.8. The van der Waals surface area contributed by atoms with Gasteiger partial charge >= 0.3 is 5.97 Å². The minimum Gasteiger partial charge on any atom is -0.493 e. The fourth-order valence-electron chi connectivity index (χ4n) is 3.35. The Morgan fingerprint density at radius 2 is 1.63 bits per heavy atom. The van der Waals surface area contributed by atoms with Crippen molar-refractivity contribution < 1.29 is 23.8 Å². The molecule has 0 aliphatic rings. The van der Waals surface area contributed by atoms with Gasteiger partial charge in [-0.25, -0.2) is 0 Å². The second kappa shape index (κ2) is 9.78. The lowest BCUT2D eigenvalue weighted by Crippen LogP contribution is -2.34. The minimum atomic E-state index is -0.482. The molecule has 0 spiro atoms. The number of benzene rings is 3. The second-order valence-corrected chi connectivity index (χ2v) is 6.66. The summed E-state index contributed by atoms with van der Waals surface area (Å²) in [5, 5.41) is 2.03. The van der Waals surface area contributed by atoms with E-state index in [0.717, 1.165) is 16.5 Å². The molecule has 0 atom stereocenters. The van der Waals surface area contributed by atoms with Crippen LogP contribution in [0.15, 0.2) is 60.7 Å². The van der Waals surface area contributed by atoms with Crippen molar-refractivity contribution in [3.63, 3.8) is 0 Å². The van der Waals surface area contributed by atoms with Crippen molar-refractivity contribution in [1.82, 2.24) is 0 Å². The molecular weight excluding hydrogens is 382 g/mol. The predicted octanol–water partition coefficient (Wildman–Crippen LogP) is 4.00. The summed E-state index contributed by atoms with van der Waals surface area (Å²) >= 11 is 0. The number of amides is 1. The van der Waals surface area contributed by atoms with Gasteiger partial charge in [0, 0.05) is 11.9 Å². The molecule has 1 amide bonds. The van der Waals surface area contributed by atoms with E-state index in [1.807, 2.05) is 49.4 Å². The SMILES string of the molecule is CCN(C(=O)COC(=O)Cc1ccc(OC)c(OC)c1)c1cccc2ccccc12. The van der Waals surface area contributed by atoms with Crippen LogP contribution in [-0.2, 0) is 20.7 Å². The molecule has 0 aliphatic heterocycles. The maximum atomic E-state index is 12.8. The number of carbonyl (C=O) groups is 2. The van der Waals surface area contributed by atoms with Gasteiger partial charge in [-0.05, 0) is 36.1 Å². The number of carbonyl (C=O) groups excluding carboxylic acids is 2. The van der Waals surface area contributed by atoms with Gasteiger partial charge in [-0.15, -0.1) is 0 Å². The fraction of sp³-hybridized carbons (Fsp3) is 0.250. The van der Waals surface area contributed by atoms with E-state index in [9.17, 15) is 9.59 Å². The van der Waals surface area contributed by atoms with E-state index < -0.39 is 5.97 Å². The molecule has 0 N–H and O–H groups in total. The number of hydrogen-bond acceptors (Lipinski definition) is 5. The lowest BCUT2D eigenvalue weighted by molar-refractivity contribution is -0.147. The van der Waals surface area contributed by atoms with Crippen LogP contribution in [0.1, 0.15) is 12.5 Å². The van der Waals surface area contributed by atoms with Crippen molar-refractivity contribution in [2.24, 2.45) is 0 Å². The molecule has 0 aliphatic carbocycles. The van der Waals surface area contributed by atoms with Crippen LogP contribution in [0.4, 0.5) is 5.69 Å². The Kier molecular flexibility index (Phi) is 6.91. The van der Waals surface area contributed by atoms with E-state index in [-0.39, 0.29) is 18.9 Å². The number of nitrogens with zero attached hydrogens (tertiary/aromatic N) is 1.